The van der Waals surface area contributed by atoms with Crippen LogP contribution in [0.3, 0.4) is 0 Å². The van der Waals surface area contributed by atoms with Gasteiger partial charge in [0, 0.05) is 16.9 Å². The van der Waals surface area contributed by atoms with Gasteiger partial charge in [-0.15, -0.1) is 0 Å². The summed E-state index contributed by atoms with van der Waals surface area (Å²) in [6, 6.07) is 5.46. The lowest BCUT2D eigenvalue weighted by atomic mass is 10.1. The highest BCUT2D eigenvalue weighted by Gasteiger charge is 2.18. The molecule has 1 aromatic rings. The fourth-order valence-corrected chi connectivity index (χ4v) is 1.55. The van der Waals surface area contributed by atoms with E-state index in [4.69, 9.17) is 20.9 Å². The number of hydrogen-bond donors (Lipinski definition) is 2. The van der Waals surface area contributed by atoms with Crippen LogP contribution in [0.1, 0.15) is 11.7 Å². The van der Waals surface area contributed by atoms with Gasteiger partial charge in [0.05, 0.1) is 19.8 Å². The molecule has 0 aromatic heterocycles. The summed E-state index contributed by atoms with van der Waals surface area (Å²) in [5.74, 6) is 0. The lowest BCUT2D eigenvalue weighted by molar-refractivity contribution is -0.0898. The Morgan fingerprint density at radius 3 is 2.71 bits per heavy atom. The average Bonchev–Trinajstić information content (AvgIpc) is 2.19. The first kappa shape index (κ1) is 9.30. The van der Waals surface area contributed by atoms with Gasteiger partial charge in [0.25, 0.3) is 0 Å². The van der Waals surface area contributed by atoms with Crippen molar-refractivity contribution in [2.75, 3.05) is 31.3 Å². The van der Waals surface area contributed by atoms with E-state index in [1.54, 1.807) is 6.07 Å². The van der Waals surface area contributed by atoms with Gasteiger partial charge < -0.3 is 20.9 Å². The molecule has 1 atom stereocenters. The van der Waals surface area contributed by atoms with E-state index in [0.717, 1.165) is 5.56 Å². The van der Waals surface area contributed by atoms with Crippen LogP contribution in [-0.2, 0) is 9.47 Å². The molecule has 0 aliphatic carbocycles. The van der Waals surface area contributed by atoms with E-state index < -0.39 is 0 Å². The summed E-state index contributed by atoms with van der Waals surface area (Å²) in [5.41, 5.74) is 13.7. The Morgan fingerprint density at radius 1 is 1.21 bits per heavy atom. The number of anilines is 2. The molecule has 1 aliphatic rings. The van der Waals surface area contributed by atoms with E-state index in [0.29, 0.717) is 31.2 Å². The molecule has 4 nitrogen and oxygen atoms in total. The molecule has 1 saturated heterocycles. The third kappa shape index (κ3) is 1.81. The molecule has 1 aliphatic heterocycles. The summed E-state index contributed by atoms with van der Waals surface area (Å²) in [6.07, 6.45) is -0.0515. The first-order valence-corrected chi connectivity index (χ1v) is 4.61. The molecule has 76 valence electrons. The Balaban J connectivity index is 2.22. The van der Waals surface area contributed by atoms with Gasteiger partial charge in [0.1, 0.15) is 6.10 Å². The maximum atomic E-state index is 5.84. The van der Waals surface area contributed by atoms with E-state index in [1.807, 2.05) is 12.1 Å². The molecular formula is C10H14N2O2. The quantitative estimate of drug-likeness (QED) is 0.653. The maximum absolute atomic E-state index is 5.84. The van der Waals surface area contributed by atoms with E-state index in [9.17, 15) is 0 Å². The van der Waals surface area contributed by atoms with Gasteiger partial charge in [-0.25, -0.2) is 0 Å². The number of ether oxygens (including phenoxy) is 2. The standard InChI is InChI=1S/C10H14N2O2/c11-7-1-2-8(9(12)5-7)10-6-13-3-4-14-10/h1-2,5,10H,3-4,6,11-12H2. The summed E-state index contributed by atoms with van der Waals surface area (Å²) >= 11 is 0. The summed E-state index contributed by atoms with van der Waals surface area (Å²) in [5, 5.41) is 0. The minimum atomic E-state index is -0.0515. The SMILES string of the molecule is Nc1ccc(C2COCCO2)c(N)c1. The van der Waals surface area contributed by atoms with Crippen LogP contribution in [0, 0.1) is 0 Å². The summed E-state index contributed by atoms with van der Waals surface area (Å²) in [4.78, 5) is 0. The molecule has 0 saturated carbocycles. The molecule has 1 aromatic carbocycles. The third-order valence-corrected chi connectivity index (χ3v) is 2.27. The lowest BCUT2D eigenvalue weighted by Crippen LogP contribution is -2.22. The molecule has 1 unspecified atom stereocenters. The highest BCUT2D eigenvalue weighted by atomic mass is 16.6. The zero-order valence-electron chi connectivity index (χ0n) is 7.90. The first-order valence-electron chi connectivity index (χ1n) is 4.61. The molecule has 1 heterocycles. The zero-order chi connectivity index (χ0) is 9.97. The van der Waals surface area contributed by atoms with E-state index >= 15 is 0 Å². The maximum Gasteiger partial charge on any atom is 0.108 e. The first-order chi connectivity index (χ1) is 6.77. The van der Waals surface area contributed by atoms with Gasteiger partial charge >= 0.3 is 0 Å². The molecule has 14 heavy (non-hydrogen) atoms. The van der Waals surface area contributed by atoms with Gasteiger partial charge in [-0.2, -0.15) is 0 Å². The van der Waals surface area contributed by atoms with Crippen LogP contribution < -0.4 is 11.5 Å². The minimum absolute atomic E-state index is 0.0515. The van der Waals surface area contributed by atoms with Crippen LogP contribution in [0.25, 0.3) is 0 Å². The van der Waals surface area contributed by atoms with Crippen molar-refractivity contribution in [3.63, 3.8) is 0 Å². The Bertz CT molecular complexity index is 322. The van der Waals surface area contributed by atoms with Crippen molar-refractivity contribution in [3.05, 3.63) is 23.8 Å². The number of nitrogens with two attached hydrogens (primary N) is 2. The Labute approximate surface area is 82.8 Å². The molecule has 0 amide bonds. The second-order valence-corrected chi connectivity index (χ2v) is 3.32. The van der Waals surface area contributed by atoms with E-state index in [2.05, 4.69) is 0 Å². The predicted molar refractivity (Wildman–Crippen MR) is 54.8 cm³/mol. The molecule has 0 radical (unpaired) electrons. The van der Waals surface area contributed by atoms with Gasteiger partial charge in [-0.3, -0.25) is 0 Å². The van der Waals surface area contributed by atoms with E-state index in [1.165, 1.54) is 0 Å². The van der Waals surface area contributed by atoms with Crippen molar-refractivity contribution in [2.45, 2.75) is 6.10 Å². The van der Waals surface area contributed by atoms with Gasteiger partial charge in [0.15, 0.2) is 0 Å². The normalized spacial score (nSPS) is 22.1. The van der Waals surface area contributed by atoms with Gasteiger partial charge in [0.2, 0.25) is 0 Å². The molecule has 4 heteroatoms. The molecule has 0 bridgehead atoms. The van der Waals surface area contributed by atoms with Crippen LogP contribution in [0.4, 0.5) is 11.4 Å². The largest absolute Gasteiger partial charge is 0.399 e. The molecular weight excluding hydrogens is 180 g/mol. The van der Waals surface area contributed by atoms with Crippen molar-refractivity contribution in [1.29, 1.82) is 0 Å². The van der Waals surface area contributed by atoms with Gasteiger partial charge in [-0.1, -0.05) is 6.07 Å². The number of benzene rings is 1. The third-order valence-electron chi connectivity index (χ3n) is 2.27. The zero-order valence-corrected chi connectivity index (χ0v) is 7.90. The Hall–Kier alpha value is -1.26. The van der Waals surface area contributed by atoms with Crippen molar-refractivity contribution in [3.8, 4) is 0 Å². The average molecular weight is 194 g/mol. The molecule has 1 fully saturated rings. The topological polar surface area (TPSA) is 70.5 Å². The highest BCUT2D eigenvalue weighted by molar-refractivity contribution is 5.57. The second-order valence-electron chi connectivity index (χ2n) is 3.32. The van der Waals surface area contributed by atoms with Crippen molar-refractivity contribution in [1.82, 2.24) is 0 Å². The summed E-state index contributed by atoms with van der Waals surface area (Å²) < 4.78 is 10.8. The molecule has 4 N–H and O–H groups in total. The van der Waals surface area contributed by atoms with Crippen LogP contribution in [0.5, 0.6) is 0 Å². The van der Waals surface area contributed by atoms with Gasteiger partial charge in [-0.05, 0) is 12.1 Å². The predicted octanol–water partition coefficient (Wildman–Crippen LogP) is 0.939. The molecule has 0 spiro atoms. The summed E-state index contributed by atoms with van der Waals surface area (Å²) in [6.45, 7) is 1.84. The Kier molecular flexibility index (Phi) is 2.56. The number of hydrogen-bond acceptors (Lipinski definition) is 4. The monoisotopic (exact) mass is 194 g/mol. The fraction of sp³-hybridized carbons (Fsp3) is 0.400. The minimum Gasteiger partial charge on any atom is -0.399 e. The highest BCUT2D eigenvalue weighted by Crippen LogP contribution is 2.27. The van der Waals surface area contributed by atoms with Crippen molar-refractivity contribution >= 4 is 11.4 Å². The van der Waals surface area contributed by atoms with Crippen LogP contribution in [-0.4, -0.2) is 19.8 Å². The number of rotatable bonds is 1. The number of nitrogen functional groups attached to an aromatic ring is 2. The molecule has 2 rings (SSSR count). The van der Waals surface area contributed by atoms with Crippen LogP contribution in [0.15, 0.2) is 18.2 Å². The summed E-state index contributed by atoms with van der Waals surface area (Å²) in [7, 11) is 0. The van der Waals surface area contributed by atoms with E-state index in [-0.39, 0.29) is 6.10 Å². The van der Waals surface area contributed by atoms with Crippen LogP contribution in [0.2, 0.25) is 0 Å². The smallest absolute Gasteiger partial charge is 0.108 e. The van der Waals surface area contributed by atoms with Crippen molar-refractivity contribution in [2.24, 2.45) is 0 Å². The fourth-order valence-electron chi connectivity index (χ4n) is 1.55. The Morgan fingerprint density at radius 2 is 2.07 bits per heavy atom. The van der Waals surface area contributed by atoms with Crippen LogP contribution >= 0.6 is 0 Å². The lowest BCUT2D eigenvalue weighted by Gasteiger charge is -2.24. The second kappa shape index (κ2) is 3.86. The van der Waals surface area contributed by atoms with Crippen molar-refractivity contribution < 1.29 is 9.47 Å².